The van der Waals surface area contributed by atoms with Crippen LogP contribution in [0.25, 0.3) is 10.8 Å². The minimum atomic E-state index is -4.91. The molecule has 0 unspecified atom stereocenters. The van der Waals surface area contributed by atoms with Gasteiger partial charge < -0.3 is 5.01 Å². The maximum absolute atomic E-state index is 13.6. The highest BCUT2D eigenvalue weighted by atomic mass is 19.4. The molecule has 1 saturated heterocycles. The quantitative estimate of drug-likeness (QED) is 0.435. The SMILES string of the molecule is N#Cc1ccc(N2CCCN2Cc2ccc(C(F)(F)F)cc2C(F)(F)F)c2ccccc12. The number of anilines is 1. The molecule has 9 heteroatoms. The van der Waals surface area contributed by atoms with Crippen molar-refractivity contribution >= 4 is 16.5 Å². The number of nitriles is 1. The molecule has 3 aromatic rings. The number of alkyl halides is 6. The number of fused-ring (bicyclic) bond motifs is 1. The Labute approximate surface area is 180 Å². The van der Waals surface area contributed by atoms with Crippen LogP contribution in [0.15, 0.2) is 54.6 Å². The summed E-state index contributed by atoms with van der Waals surface area (Å²) in [5, 5.41) is 14.4. The minimum absolute atomic E-state index is 0.173. The number of hydrogen-bond acceptors (Lipinski definition) is 3. The Balaban J connectivity index is 1.72. The van der Waals surface area contributed by atoms with Crippen LogP contribution in [0.4, 0.5) is 32.0 Å². The van der Waals surface area contributed by atoms with Crippen LogP contribution in [-0.2, 0) is 18.9 Å². The van der Waals surface area contributed by atoms with E-state index in [0.29, 0.717) is 31.1 Å². The fraction of sp³-hybridized carbons (Fsp3) is 0.261. The first-order valence-electron chi connectivity index (χ1n) is 9.81. The zero-order valence-electron chi connectivity index (χ0n) is 16.6. The lowest BCUT2D eigenvalue weighted by Gasteiger charge is -2.32. The maximum Gasteiger partial charge on any atom is 0.416 e. The fourth-order valence-corrected chi connectivity index (χ4v) is 4.06. The van der Waals surface area contributed by atoms with Crippen LogP contribution in [0, 0.1) is 11.3 Å². The summed E-state index contributed by atoms with van der Waals surface area (Å²) < 4.78 is 79.6. The fourth-order valence-electron chi connectivity index (χ4n) is 4.06. The molecule has 0 N–H and O–H groups in total. The van der Waals surface area contributed by atoms with Gasteiger partial charge in [-0.1, -0.05) is 30.3 Å². The van der Waals surface area contributed by atoms with E-state index >= 15 is 0 Å². The van der Waals surface area contributed by atoms with Gasteiger partial charge in [0.25, 0.3) is 0 Å². The lowest BCUT2D eigenvalue weighted by Crippen LogP contribution is -2.36. The molecule has 166 valence electrons. The van der Waals surface area contributed by atoms with Gasteiger partial charge in [0.05, 0.1) is 28.4 Å². The van der Waals surface area contributed by atoms with Gasteiger partial charge >= 0.3 is 12.4 Å². The molecule has 3 nitrogen and oxygen atoms in total. The molecule has 0 amide bonds. The standard InChI is InChI=1S/C23H17F6N3/c24-22(25,26)17-8-6-16(20(12-17)23(27,28)29)14-31-10-3-11-32(31)21-9-7-15(13-30)18-4-1-2-5-19(18)21/h1-2,4-9,12H,3,10-11,14H2. The summed E-state index contributed by atoms with van der Waals surface area (Å²) >= 11 is 0. The molecular weight excluding hydrogens is 432 g/mol. The minimum Gasteiger partial charge on any atom is -0.305 e. The summed E-state index contributed by atoms with van der Waals surface area (Å²) in [5.74, 6) is 0. The Morgan fingerprint density at radius 1 is 0.844 bits per heavy atom. The highest BCUT2D eigenvalue weighted by Gasteiger charge is 2.39. The average molecular weight is 449 g/mol. The Morgan fingerprint density at radius 3 is 2.22 bits per heavy atom. The second-order valence-electron chi connectivity index (χ2n) is 7.52. The number of nitrogens with zero attached hydrogens (tertiary/aromatic N) is 3. The van der Waals surface area contributed by atoms with Crippen molar-refractivity contribution < 1.29 is 26.3 Å². The summed E-state index contributed by atoms with van der Waals surface area (Å²) in [6.07, 6.45) is -9.10. The van der Waals surface area contributed by atoms with Gasteiger partial charge in [-0.2, -0.15) is 31.6 Å². The lowest BCUT2D eigenvalue weighted by molar-refractivity contribution is -0.143. The van der Waals surface area contributed by atoms with E-state index in [1.807, 2.05) is 17.1 Å². The number of halogens is 6. The molecule has 1 heterocycles. The van der Waals surface area contributed by atoms with Crippen LogP contribution in [0.3, 0.4) is 0 Å². The van der Waals surface area contributed by atoms with Crippen LogP contribution in [0.1, 0.15) is 28.7 Å². The molecule has 1 fully saturated rings. The van der Waals surface area contributed by atoms with E-state index in [0.717, 1.165) is 22.5 Å². The highest BCUT2D eigenvalue weighted by Crippen LogP contribution is 2.39. The van der Waals surface area contributed by atoms with Gasteiger partial charge in [0, 0.05) is 30.4 Å². The summed E-state index contributed by atoms with van der Waals surface area (Å²) in [5.41, 5.74) is -1.63. The largest absolute Gasteiger partial charge is 0.416 e. The zero-order chi connectivity index (χ0) is 23.1. The third-order valence-corrected chi connectivity index (χ3v) is 5.52. The van der Waals surface area contributed by atoms with Crippen molar-refractivity contribution in [1.82, 2.24) is 5.01 Å². The zero-order valence-corrected chi connectivity index (χ0v) is 16.6. The molecule has 0 bridgehead atoms. The third kappa shape index (κ3) is 4.10. The van der Waals surface area contributed by atoms with E-state index in [2.05, 4.69) is 6.07 Å². The van der Waals surface area contributed by atoms with Gasteiger partial charge in [-0.25, -0.2) is 5.01 Å². The van der Waals surface area contributed by atoms with Gasteiger partial charge in [-0.15, -0.1) is 0 Å². The number of hydrogen-bond donors (Lipinski definition) is 0. The average Bonchev–Trinajstić information content (AvgIpc) is 3.19. The van der Waals surface area contributed by atoms with Gasteiger partial charge in [0.1, 0.15) is 0 Å². The first kappa shape index (κ1) is 22.0. The van der Waals surface area contributed by atoms with Gasteiger partial charge in [-0.05, 0) is 36.2 Å². The highest BCUT2D eigenvalue weighted by molar-refractivity contribution is 5.97. The Kier molecular flexibility index (Phi) is 5.51. The lowest BCUT2D eigenvalue weighted by atomic mass is 10.0. The topological polar surface area (TPSA) is 30.3 Å². The molecule has 0 aliphatic carbocycles. The Bertz CT molecular complexity index is 1190. The van der Waals surface area contributed by atoms with Crippen molar-refractivity contribution in [2.45, 2.75) is 25.3 Å². The van der Waals surface area contributed by atoms with Crippen molar-refractivity contribution in [3.63, 3.8) is 0 Å². The van der Waals surface area contributed by atoms with Crippen molar-refractivity contribution in [1.29, 1.82) is 5.26 Å². The van der Waals surface area contributed by atoms with Crippen LogP contribution in [-0.4, -0.2) is 18.1 Å². The summed E-state index contributed by atoms with van der Waals surface area (Å²) in [7, 11) is 0. The second kappa shape index (κ2) is 8.02. The van der Waals surface area contributed by atoms with Crippen LogP contribution >= 0.6 is 0 Å². The van der Waals surface area contributed by atoms with Crippen LogP contribution in [0.5, 0.6) is 0 Å². The summed E-state index contributed by atoms with van der Waals surface area (Å²) in [4.78, 5) is 0. The van der Waals surface area contributed by atoms with Crippen LogP contribution < -0.4 is 5.01 Å². The second-order valence-corrected chi connectivity index (χ2v) is 7.52. The molecule has 0 aromatic heterocycles. The van der Waals surface area contributed by atoms with Gasteiger partial charge in [0.2, 0.25) is 0 Å². The Morgan fingerprint density at radius 2 is 1.56 bits per heavy atom. The molecule has 0 spiro atoms. The Hall–Kier alpha value is -3.25. The molecular formula is C23H17F6N3. The molecule has 0 saturated carbocycles. The van der Waals surface area contributed by atoms with E-state index < -0.39 is 23.5 Å². The molecule has 0 atom stereocenters. The molecule has 1 aliphatic rings. The molecule has 0 radical (unpaired) electrons. The summed E-state index contributed by atoms with van der Waals surface area (Å²) in [6, 6.07) is 14.5. The van der Waals surface area contributed by atoms with Crippen molar-refractivity contribution in [3.8, 4) is 6.07 Å². The molecule has 1 aliphatic heterocycles. The monoisotopic (exact) mass is 449 g/mol. The summed E-state index contributed by atoms with van der Waals surface area (Å²) in [6.45, 7) is 0.797. The molecule has 32 heavy (non-hydrogen) atoms. The first-order valence-corrected chi connectivity index (χ1v) is 9.81. The van der Waals surface area contributed by atoms with E-state index in [1.165, 1.54) is 0 Å². The smallest absolute Gasteiger partial charge is 0.305 e. The predicted octanol–water partition coefficient (Wildman–Crippen LogP) is 6.38. The van der Waals surface area contributed by atoms with Crippen molar-refractivity contribution in [2.24, 2.45) is 0 Å². The normalized spacial score (nSPS) is 15.3. The van der Waals surface area contributed by atoms with E-state index in [-0.39, 0.29) is 18.2 Å². The number of benzene rings is 3. The first-order chi connectivity index (χ1) is 15.1. The molecule has 3 aromatic carbocycles. The van der Waals surface area contributed by atoms with Crippen LogP contribution in [0.2, 0.25) is 0 Å². The maximum atomic E-state index is 13.6. The number of rotatable bonds is 3. The molecule has 4 rings (SSSR count). The third-order valence-electron chi connectivity index (χ3n) is 5.52. The van der Waals surface area contributed by atoms with Crippen molar-refractivity contribution in [2.75, 3.05) is 18.1 Å². The van der Waals surface area contributed by atoms with Crippen molar-refractivity contribution in [3.05, 3.63) is 76.9 Å². The van der Waals surface area contributed by atoms with E-state index in [9.17, 15) is 31.6 Å². The van der Waals surface area contributed by atoms with E-state index in [4.69, 9.17) is 0 Å². The number of hydrazine groups is 1. The van der Waals surface area contributed by atoms with Gasteiger partial charge in [-0.3, -0.25) is 0 Å². The van der Waals surface area contributed by atoms with E-state index in [1.54, 1.807) is 29.3 Å². The van der Waals surface area contributed by atoms with Gasteiger partial charge in [0.15, 0.2) is 0 Å². The predicted molar refractivity (Wildman–Crippen MR) is 107 cm³/mol.